The molecule has 2 aromatic carbocycles. The number of nitrogens with zero attached hydrogens (tertiary/aromatic N) is 2. The number of rotatable bonds is 4. The number of thiophene rings is 1. The molecule has 1 aliphatic carbocycles. The predicted molar refractivity (Wildman–Crippen MR) is 144 cm³/mol. The van der Waals surface area contributed by atoms with Crippen molar-refractivity contribution in [2.75, 3.05) is 7.11 Å². The van der Waals surface area contributed by atoms with Crippen LogP contribution in [0.3, 0.4) is 0 Å². The molecule has 3 heterocycles. The maximum Gasteiger partial charge on any atom is 0.318 e. The Kier molecular flexibility index (Phi) is 6.05. The third-order valence-electron chi connectivity index (χ3n) is 7.41. The molecule has 2 aliphatic rings. The summed E-state index contributed by atoms with van der Waals surface area (Å²) in [7, 11) is 1.66. The second-order valence-electron chi connectivity index (χ2n) is 9.75. The van der Waals surface area contributed by atoms with Crippen molar-refractivity contribution in [2.45, 2.75) is 51.7 Å². The summed E-state index contributed by atoms with van der Waals surface area (Å²) in [5, 5.41) is 4.49. The zero-order chi connectivity index (χ0) is 24.6. The minimum atomic E-state index is -0.176. The van der Waals surface area contributed by atoms with Crippen molar-refractivity contribution in [3.05, 3.63) is 105 Å². The van der Waals surface area contributed by atoms with E-state index in [2.05, 4.69) is 59.4 Å². The fourth-order valence-corrected chi connectivity index (χ4v) is 6.95. The third-order valence-corrected chi connectivity index (χ3v) is 8.74. The standard InChI is InChI=1S/C30H31N3O2S/c1-20-12-14-22(15-13-20)28-26-10-6-16-32(26)29-25(24-9-3-4-11-27(24)36-29)19-33(28)30(34)31-18-21-7-5-8-23(17-21)35-2/h5-8,10,12-17,28H,3-4,9,11,18-19H2,1-2H3,(H,31,34). The fourth-order valence-electron chi connectivity index (χ4n) is 5.55. The first-order valence-corrected chi connectivity index (χ1v) is 13.5. The summed E-state index contributed by atoms with van der Waals surface area (Å²) in [6, 6.07) is 20.5. The summed E-state index contributed by atoms with van der Waals surface area (Å²) < 4.78 is 7.70. The first-order chi connectivity index (χ1) is 17.6. The van der Waals surface area contributed by atoms with Crippen LogP contribution in [0, 0.1) is 6.92 Å². The Hall–Kier alpha value is -3.51. The summed E-state index contributed by atoms with van der Waals surface area (Å²) in [5.74, 6) is 0.793. The average molecular weight is 498 g/mol. The molecule has 2 amide bonds. The summed E-state index contributed by atoms with van der Waals surface area (Å²) in [6.07, 6.45) is 6.88. The Labute approximate surface area is 216 Å². The van der Waals surface area contributed by atoms with Gasteiger partial charge in [-0.1, -0.05) is 42.0 Å². The fraction of sp³-hybridized carbons (Fsp3) is 0.300. The van der Waals surface area contributed by atoms with E-state index < -0.39 is 0 Å². The van der Waals surface area contributed by atoms with E-state index >= 15 is 0 Å². The van der Waals surface area contributed by atoms with Crippen LogP contribution in [-0.2, 0) is 25.9 Å². The number of benzene rings is 2. The number of aromatic nitrogens is 1. The second-order valence-corrected chi connectivity index (χ2v) is 10.8. The molecule has 6 heteroatoms. The van der Waals surface area contributed by atoms with E-state index in [9.17, 15) is 4.79 Å². The van der Waals surface area contributed by atoms with Crippen LogP contribution < -0.4 is 10.1 Å². The van der Waals surface area contributed by atoms with Crippen LogP contribution in [0.25, 0.3) is 5.00 Å². The quantitative estimate of drug-likeness (QED) is 0.348. The lowest BCUT2D eigenvalue weighted by atomic mass is 9.95. The lowest BCUT2D eigenvalue weighted by Gasteiger charge is -2.31. The predicted octanol–water partition coefficient (Wildman–Crippen LogP) is 6.55. The largest absolute Gasteiger partial charge is 0.497 e. The molecule has 0 saturated carbocycles. The van der Waals surface area contributed by atoms with Crippen LogP contribution in [-0.4, -0.2) is 22.6 Å². The summed E-state index contributed by atoms with van der Waals surface area (Å²) >= 11 is 1.92. The van der Waals surface area contributed by atoms with Crippen molar-refractivity contribution < 1.29 is 9.53 Å². The van der Waals surface area contributed by atoms with Crippen LogP contribution in [0.15, 0.2) is 66.9 Å². The molecule has 1 aliphatic heterocycles. The first-order valence-electron chi connectivity index (χ1n) is 12.7. The molecule has 0 bridgehead atoms. The van der Waals surface area contributed by atoms with Crippen molar-refractivity contribution in [1.82, 2.24) is 14.8 Å². The molecule has 5 nitrogen and oxygen atoms in total. The van der Waals surface area contributed by atoms with E-state index in [-0.39, 0.29) is 12.1 Å². The zero-order valence-corrected chi connectivity index (χ0v) is 21.6. The Morgan fingerprint density at radius 3 is 2.72 bits per heavy atom. The van der Waals surface area contributed by atoms with Gasteiger partial charge in [-0.2, -0.15) is 0 Å². The van der Waals surface area contributed by atoms with E-state index in [1.807, 2.05) is 40.5 Å². The topological polar surface area (TPSA) is 46.5 Å². The van der Waals surface area contributed by atoms with Crippen molar-refractivity contribution in [1.29, 1.82) is 0 Å². The Morgan fingerprint density at radius 1 is 1.06 bits per heavy atom. The molecule has 1 atom stereocenters. The van der Waals surface area contributed by atoms with Crippen LogP contribution in [0.4, 0.5) is 4.79 Å². The van der Waals surface area contributed by atoms with Gasteiger partial charge in [0.1, 0.15) is 10.8 Å². The van der Waals surface area contributed by atoms with Gasteiger partial charge in [0.2, 0.25) is 0 Å². The number of amides is 2. The molecule has 1 unspecified atom stereocenters. The van der Waals surface area contributed by atoms with Crippen molar-refractivity contribution in [3.63, 3.8) is 0 Å². The van der Waals surface area contributed by atoms with Crippen LogP contribution in [0.2, 0.25) is 0 Å². The minimum absolute atomic E-state index is 0.0558. The molecule has 0 saturated heterocycles. The Morgan fingerprint density at radius 2 is 1.89 bits per heavy atom. The van der Waals surface area contributed by atoms with Crippen LogP contribution in [0.5, 0.6) is 5.75 Å². The SMILES string of the molecule is COc1cccc(CNC(=O)N2Cc3c(sc4c3CCCC4)-n3cccc3C2c2ccc(C)cc2)c1. The van der Waals surface area contributed by atoms with Crippen LogP contribution >= 0.6 is 11.3 Å². The molecule has 184 valence electrons. The van der Waals surface area contributed by atoms with Gasteiger partial charge in [0.05, 0.1) is 25.4 Å². The molecule has 36 heavy (non-hydrogen) atoms. The number of carbonyl (C=O) groups is 1. The van der Waals surface area contributed by atoms with Gasteiger partial charge in [-0.05, 0) is 73.6 Å². The molecule has 0 radical (unpaired) electrons. The van der Waals surface area contributed by atoms with E-state index in [1.165, 1.54) is 39.4 Å². The van der Waals surface area contributed by atoms with Gasteiger partial charge in [-0.25, -0.2) is 4.79 Å². The number of carbonyl (C=O) groups excluding carboxylic acids is 1. The molecule has 4 aromatic rings. The number of hydrogen-bond donors (Lipinski definition) is 1. The van der Waals surface area contributed by atoms with Crippen molar-refractivity contribution >= 4 is 17.4 Å². The van der Waals surface area contributed by atoms with Crippen molar-refractivity contribution in [2.24, 2.45) is 0 Å². The molecule has 2 aromatic heterocycles. The van der Waals surface area contributed by atoms with Crippen LogP contribution in [0.1, 0.15) is 57.3 Å². The summed E-state index contributed by atoms with van der Waals surface area (Å²) in [5.41, 5.74) is 7.27. The third kappa shape index (κ3) is 4.09. The van der Waals surface area contributed by atoms with Gasteiger partial charge in [-0.3, -0.25) is 0 Å². The monoisotopic (exact) mass is 497 g/mol. The number of ether oxygens (including phenoxy) is 1. The normalized spacial score (nSPS) is 16.5. The average Bonchev–Trinajstić information content (AvgIpc) is 3.50. The van der Waals surface area contributed by atoms with Gasteiger partial charge in [0, 0.05) is 23.2 Å². The zero-order valence-electron chi connectivity index (χ0n) is 20.8. The van der Waals surface area contributed by atoms with Gasteiger partial charge in [0.15, 0.2) is 0 Å². The highest BCUT2D eigenvalue weighted by Gasteiger charge is 2.35. The number of methoxy groups -OCH3 is 1. The van der Waals surface area contributed by atoms with E-state index in [4.69, 9.17) is 4.74 Å². The highest BCUT2D eigenvalue weighted by Crippen LogP contribution is 2.44. The Balaban J connectivity index is 1.41. The highest BCUT2D eigenvalue weighted by molar-refractivity contribution is 7.15. The molecular weight excluding hydrogens is 466 g/mol. The number of hydrogen-bond acceptors (Lipinski definition) is 3. The maximum atomic E-state index is 13.9. The van der Waals surface area contributed by atoms with Gasteiger partial charge >= 0.3 is 6.03 Å². The smallest absolute Gasteiger partial charge is 0.318 e. The maximum absolute atomic E-state index is 13.9. The molecular formula is C30H31N3O2S. The second kappa shape index (κ2) is 9.51. The minimum Gasteiger partial charge on any atom is -0.497 e. The number of nitrogens with one attached hydrogen (secondary N) is 1. The Bertz CT molecular complexity index is 1400. The van der Waals surface area contributed by atoms with E-state index in [0.29, 0.717) is 13.1 Å². The van der Waals surface area contributed by atoms with Gasteiger partial charge < -0.3 is 19.5 Å². The lowest BCUT2D eigenvalue weighted by molar-refractivity contribution is 0.180. The molecule has 0 fully saturated rings. The van der Waals surface area contributed by atoms with Crippen molar-refractivity contribution in [3.8, 4) is 10.8 Å². The number of aryl methyl sites for hydroxylation is 2. The summed E-state index contributed by atoms with van der Waals surface area (Å²) in [6.45, 7) is 3.15. The van der Waals surface area contributed by atoms with E-state index in [0.717, 1.165) is 35.4 Å². The summed E-state index contributed by atoms with van der Waals surface area (Å²) in [4.78, 5) is 17.5. The number of urea groups is 1. The first kappa shape index (κ1) is 22.9. The van der Waals surface area contributed by atoms with Gasteiger partial charge in [-0.15, -0.1) is 11.3 Å². The molecule has 0 spiro atoms. The highest BCUT2D eigenvalue weighted by atomic mass is 32.1. The number of fused-ring (bicyclic) bond motifs is 5. The lowest BCUT2D eigenvalue weighted by Crippen LogP contribution is -2.41. The van der Waals surface area contributed by atoms with E-state index in [1.54, 1.807) is 7.11 Å². The molecule has 1 N–H and O–H groups in total. The molecule has 6 rings (SSSR count). The van der Waals surface area contributed by atoms with Gasteiger partial charge in [0.25, 0.3) is 0 Å².